The Morgan fingerprint density at radius 2 is 2.10 bits per heavy atom. The number of carbonyl (C=O) groups is 2. The Hall–Kier alpha value is -2.04. The number of ether oxygens (including phenoxy) is 1. The van der Waals surface area contributed by atoms with Crippen molar-refractivity contribution in [3.8, 4) is 5.75 Å². The lowest BCUT2D eigenvalue weighted by molar-refractivity contribution is -0.147. The maximum absolute atomic E-state index is 12.5. The number of phenolic OH excluding ortho intramolecular Hbond substituents is 1. The van der Waals surface area contributed by atoms with Gasteiger partial charge in [0.1, 0.15) is 11.8 Å². The molecule has 1 saturated heterocycles. The van der Waals surface area contributed by atoms with Crippen LogP contribution in [0.4, 0.5) is 0 Å². The van der Waals surface area contributed by atoms with Crippen molar-refractivity contribution < 1.29 is 19.4 Å². The number of esters is 1. The first-order valence-electron chi connectivity index (χ1n) is 6.73. The molecule has 0 unspecified atom stereocenters. The fourth-order valence-corrected chi connectivity index (χ4v) is 2.46. The quantitative estimate of drug-likeness (QED) is 0.838. The van der Waals surface area contributed by atoms with Crippen LogP contribution in [0.3, 0.4) is 0 Å². The molecule has 0 spiro atoms. The summed E-state index contributed by atoms with van der Waals surface area (Å²) in [6.45, 7) is 2.30. The van der Waals surface area contributed by atoms with E-state index < -0.39 is 6.04 Å². The zero-order valence-corrected chi connectivity index (χ0v) is 11.8. The third-order valence-corrected chi connectivity index (χ3v) is 3.69. The number of amides is 1. The number of benzene rings is 1. The molecule has 1 atom stereocenters. The van der Waals surface area contributed by atoms with Crippen molar-refractivity contribution in [2.45, 2.75) is 32.2 Å². The molecule has 0 aromatic heterocycles. The Kier molecular flexibility index (Phi) is 4.27. The Morgan fingerprint density at radius 3 is 2.75 bits per heavy atom. The van der Waals surface area contributed by atoms with Gasteiger partial charge in [-0.3, -0.25) is 4.79 Å². The summed E-state index contributed by atoms with van der Waals surface area (Å²) in [5.41, 5.74) is 1.11. The number of hydrogen-bond donors (Lipinski definition) is 1. The summed E-state index contributed by atoms with van der Waals surface area (Å²) in [6.07, 6.45) is 2.40. The molecule has 1 N–H and O–H groups in total. The van der Waals surface area contributed by atoms with Gasteiger partial charge in [-0.2, -0.15) is 0 Å². The van der Waals surface area contributed by atoms with Crippen molar-refractivity contribution in [2.24, 2.45) is 0 Å². The van der Waals surface area contributed by atoms with Crippen LogP contribution < -0.4 is 0 Å². The Balaban J connectivity index is 2.25. The van der Waals surface area contributed by atoms with E-state index in [1.165, 1.54) is 13.2 Å². The van der Waals surface area contributed by atoms with Crippen molar-refractivity contribution in [1.29, 1.82) is 0 Å². The highest BCUT2D eigenvalue weighted by molar-refractivity contribution is 5.97. The summed E-state index contributed by atoms with van der Waals surface area (Å²) in [5, 5.41) is 9.71. The number of rotatable bonds is 2. The highest BCUT2D eigenvalue weighted by atomic mass is 16.5. The van der Waals surface area contributed by atoms with Gasteiger partial charge in [-0.25, -0.2) is 4.79 Å². The number of phenols is 1. The number of carbonyl (C=O) groups excluding carboxylic acids is 2. The van der Waals surface area contributed by atoms with Gasteiger partial charge in [0.2, 0.25) is 0 Å². The largest absolute Gasteiger partial charge is 0.508 e. The van der Waals surface area contributed by atoms with Gasteiger partial charge < -0.3 is 14.7 Å². The molecule has 2 rings (SSSR count). The molecule has 0 bridgehead atoms. The molecule has 20 heavy (non-hydrogen) atoms. The van der Waals surface area contributed by atoms with Crippen LogP contribution in [0.5, 0.6) is 5.75 Å². The monoisotopic (exact) mass is 277 g/mol. The molecule has 5 heteroatoms. The molecule has 0 aliphatic carbocycles. The minimum atomic E-state index is -0.523. The Bertz CT molecular complexity index is 527. The van der Waals surface area contributed by atoms with E-state index in [-0.39, 0.29) is 17.6 Å². The number of methoxy groups -OCH3 is 1. The maximum atomic E-state index is 12.5. The van der Waals surface area contributed by atoms with Crippen LogP contribution in [0.1, 0.15) is 35.2 Å². The van der Waals surface area contributed by atoms with Crippen molar-refractivity contribution in [3.05, 3.63) is 29.3 Å². The molecule has 1 amide bonds. The molecule has 1 aromatic carbocycles. The van der Waals surface area contributed by atoms with Gasteiger partial charge in [0.25, 0.3) is 5.91 Å². The van der Waals surface area contributed by atoms with Gasteiger partial charge >= 0.3 is 5.97 Å². The summed E-state index contributed by atoms with van der Waals surface area (Å²) in [5.74, 6) is -0.535. The lowest BCUT2D eigenvalue weighted by Gasteiger charge is -2.33. The molecule has 1 fully saturated rings. The van der Waals surface area contributed by atoms with Crippen LogP contribution in [0.25, 0.3) is 0 Å². The predicted octanol–water partition coefficient (Wildman–Crippen LogP) is 1.87. The molecule has 1 aliphatic heterocycles. The van der Waals surface area contributed by atoms with Gasteiger partial charge in [0.15, 0.2) is 0 Å². The van der Waals surface area contributed by atoms with Crippen LogP contribution >= 0.6 is 0 Å². The molecule has 0 radical (unpaired) electrons. The summed E-state index contributed by atoms with van der Waals surface area (Å²) in [7, 11) is 1.33. The van der Waals surface area contributed by atoms with Gasteiger partial charge in [-0.15, -0.1) is 0 Å². The van der Waals surface area contributed by atoms with Crippen LogP contribution in [-0.2, 0) is 9.53 Å². The molecular formula is C15H19NO4. The van der Waals surface area contributed by atoms with Crippen LogP contribution in [0.15, 0.2) is 18.2 Å². The fraction of sp³-hybridized carbons (Fsp3) is 0.467. The number of hydrogen-bond acceptors (Lipinski definition) is 4. The van der Waals surface area contributed by atoms with Crippen molar-refractivity contribution >= 4 is 11.9 Å². The summed E-state index contributed by atoms with van der Waals surface area (Å²) >= 11 is 0. The lowest BCUT2D eigenvalue weighted by atomic mass is 10.0. The number of likely N-dealkylation sites (tertiary alicyclic amines) is 1. The van der Waals surface area contributed by atoms with Crippen molar-refractivity contribution in [1.82, 2.24) is 4.90 Å². The first-order chi connectivity index (χ1) is 9.54. The minimum absolute atomic E-state index is 0.0856. The van der Waals surface area contributed by atoms with Gasteiger partial charge in [0, 0.05) is 12.1 Å². The zero-order chi connectivity index (χ0) is 14.7. The van der Waals surface area contributed by atoms with Crippen LogP contribution in [-0.4, -0.2) is 41.6 Å². The predicted molar refractivity (Wildman–Crippen MR) is 73.5 cm³/mol. The second kappa shape index (κ2) is 5.94. The van der Waals surface area contributed by atoms with E-state index in [1.54, 1.807) is 24.0 Å². The van der Waals surface area contributed by atoms with Gasteiger partial charge in [0.05, 0.1) is 7.11 Å². The van der Waals surface area contributed by atoms with E-state index in [9.17, 15) is 14.7 Å². The van der Waals surface area contributed by atoms with Crippen molar-refractivity contribution in [3.63, 3.8) is 0 Å². The van der Waals surface area contributed by atoms with E-state index in [1.807, 2.05) is 0 Å². The highest BCUT2D eigenvalue weighted by Crippen LogP contribution is 2.23. The summed E-state index contributed by atoms with van der Waals surface area (Å²) in [6, 6.07) is 4.28. The molecular weight excluding hydrogens is 258 g/mol. The van der Waals surface area contributed by atoms with Gasteiger partial charge in [-0.05, 0) is 43.9 Å². The van der Waals surface area contributed by atoms with E-state index >= 15 is 0 Å². The molecule has 1 aromatic rings. The standard InChI is InChI=1S/C15H19NO4/c1-10-6-7-11(9-13(10)17)14(18)16-8-4-3-5-12(16)15(19)20-2/h6-7,9,12,17H,3-5,8H2,1-2H3/t12-/m1/s1. The van der Waals surface area contributed by atoms with E-state index in [4.69, 9.17) is 4.74 Å². The maximum Gasteiger partial charge on any atom is 0.328 e. The minimum Gasteiger partial charge on any atom is -0.508 e. The molecule has 0 saturated carbocycles. The number of aromatic hydroxyl groups is 1. The molecule has 1 heterocycles. The number of nitrogens with zero attached hydrogens (tertiary/aromatic N) is 1. The van der Waals surface area contributed by atoms with Gasteiger partial charge in [-0.1, -0.05) is 6.07 Å². The highest BCUT2D eigenvalue weighted by Gasteiger charge is 2.33. The average molecular weight is 277 g/mol. The Labute approximate surface area is 118 Å². The second-order valence-corrected chi connectivity index (χ2v) is 5.03. The lowest BCUT2D eigenvalue weighted by Crippen LogP contribution is -2.48. The van der Waals surface area contributed by atoms with Crippen LogP contribution in [0, 0.1) is 6.92 Å². The molecule has 108 valence electrons. The first kappa shape index (κ1) is 14.4. The average Bonchev–Trinajstić information content (AvgIpc) is 2.48. The van der Waals surface area contributed by atoms with E-state index in [2.05, 4.69) is 0 Å². The van der Waals surface area contributed by atoms with Crippen LogP contribution in [0.2, 0.25) is 0 Å². The number of aryl methyl sites for hydroxylation is 1. The van der Waals surface area contributed by atoms with E-state index in [0.717, 1.165) is 12.8 Å². The first-order valence-corrected chi connectivity index (χ1v) is 6.73. The normalized spacial score (nSPS) is 18.7. The topological polar surface area (TPSA) is 66.8 Å². The third-order valence-electron chi connectivity index (χ3n) is 3.69. The van der Waals surface area contributed by atoms with Crippen molar-refractivity contribution in [2.75, 3.05) is 13.7 Å². The second-order valence-electron chi connectivity index (χ2n) is 5.03. The SMILES string of the molecule is COC(=O)[C@H]1CCCCN1C(=O)c1ccc(C)c(O)c1. The summed E-state index contributed by atoms with van der Waals surface area (Å²) in [4.78, 5) is 25.8. The molecule has 1 aliphatic rings. The smallest absolute Gasteiger partial charge is 0.328 e. The fourth-order valence-electron chi connectivity index (χ4n) is 2.46. The zero-order valence-electron chi connectivity index (χ0n) is 11.8. The third kappa shape index (κ3) is 2.76. The summed E-state index contributed by atoms with van der Waals surface area (Å²) < 4.78 is 4.77. The molecule has 5 nitrogen and oxygen atoms in total. The van der Waals surface area contributed by atoms with E-state index in [0.29, 0.717) is 24.1 Å². The number of piperidine rings is 1. The Morgan fingerprint density at radius 1 is 1.35 bits per heavy atom.